The monoisotopic (exact) mass is 714 g/mol. The highest BCUT2D eigenvalue weighted by molar-refractivity contribution is 7.88. The van der Waals surface area contributed by atoms with Gasteiger partial charge in [-0.05, 0) is 129 Å². The number of carbonyl (C=O) groups is 2. The zero-order valence-corrected chi connectivity index (χ0v) is 29.1. The van der Waals surface area contributed by atoms with Crippen molar-refractivity contribution in [1.82, 2.24) is 0 Å². The van der Waals surface area contributed by atoms with Gasteiger partial charge in [0, 0.05) is 22.7 Å². The Balaban J connectivity index is 1.19. The van der Waals surface area contributed by atoms with Gasteiger partial charge in [-0.3, -0.25) is 0 Å². The summed E-state index contributed by atoms with van der Waals surface area (Å²) < 4.78 is 62.7. The number of anilines is 4. The van der Waals surface area contributed by atoms with E-state index in [0.717, 1.165) is 28.3 Å². The summed E-state index contributed by atoms with van der Waals surface area (Å²) in [5.74, 6) is -0.127. The molecule has 0 bridgehead atoms. The third kappa shape index (κ3) is 9.18. The topological polar surface area (TPSA) is 169 Å². The van der Waals surface area contributed by atoms with Gasteiger partial charge >= 0.3 is 32.3 Å². The van der Waals surface area contributed by atoms with Gasteiger partial charge in [-0.2, -0.15) is 16.8 Å². The van der Waals surface area contributed by atoms with E-state index >= 15 is 0 Å². The van der Waals surface area contributed by atoms with E-state index < -0.39 is 42.1 Å². The number of urea groups is 2. The lowest BCUT2D eigenvalue weighted by molar-refractivity contribution is 0.261. The molecule has 0 radical (unpaired) electrons. The quantitative estimate of drug-likeness (QED) is 0.107. The van der Waals surface area contributed by atoms with Crippen LogP contribution in [0.1, 0.15) is 22.3 Å². The summed E-state index contributed by atoms with van der Waals surface area (Å²) in [6, 6.07) is 26.2. The van der Waals surface area contributed by atoms with Gasteiger partial charge < -0.3 is 29.6 Å². The minimum Gasteiger partial charge on any atom is -0.379 e. The van der Waals surface area contributed by atoms with Gasteiger partial charge in [0.05, 0.1) is 0 Å². The van der Waals surface area contributed by atoms with Crippen LogP contribution in [0.3, 0.4) is 0 Å². The molecule has 14 heteroatoms. The van der Waals surface area contributed by atoms with Gasteiger partial charge in [-0.15, -0.1) is 0 Å². The highest BCUT2D eigenvalue weighted by Gasteiger charge is 2.23. The smallest absolute Gasteiger partial charge is 0.339 e. The first kappa shape index (κ1) is 35.4. The number of nitrogens with one attached hydrogen (secondary N) is 4. The zero-order chi connectivity index (χ0) is 36.1. The molecule has 0 atom stereocenters. The molecule has 0 saturated heterocycles. The molecular formula is C36H34N4O8S2. The van der Waals surface area contributed by atoms with Crippen LogP contribution >= 0.6 is 0 Å². The fourth-order valence-electron chi connectivity index (χ4n) is 4.63. The Bertz CT molecular complexity index is 2120. The van der Waals surface area contributed by atoms with Crippen molar-refractivity contribution in [1.29, 1.82) is 0 Å². The summed E-state index contributed by atoms with van der Waals surface area (Å²) in [6.07, 6.45) is 0. The lowest BCUT2D eigenvalue weighted by Gasteiger charge is -2.12. The van der Waals surface area contributed by atoms with Gasteiger partial charge in [0.25, 0.3) is 0 Å². The molecule has 4 N–H and O–H groups in total. The Kier molecular flexibility index (Phi) is 10.4. The average Bonchev–Trinajstić information content (AvgIpc) is 3.06. The summed E-state index contributed by atoms with van der Waals surface area (Å²) in [7, 11) is -8.93. The highest BCUT2D eigenvalue weighted by Crippen LogP contribution is 2.26. The van der Waals surface area contributed by atoms with Crippen molar-refractivity contribution in [2.45, 2.75) is 37.5 Å². The first-order chi connectivity index (χ1) is 23.7. The molecule has 0 unspecified atom stereocenters. The lowest BCUT2D eigenvalue weighted by Crippen LogP contribution is -2.20. The van der Waals surface area contributed by atoms with Crippen LogP contribution < -0.4 is 29.6 Å². The molecule has 0 aliphatic rings. The molecule has 5 rings (SSSR count). The summed E-state index contributed by atoms with van der Waals surface area (Å²) in [6.45, 7) is 7.57. The van der Waals surface area contributed by atoms with Crippen molar-refractivity contribution in [2.24, 2.45) is 0 Å². The third-order valence-electron chi connectivity index (χ3n) is 7.30. The molecule has 0 spiro atoms. The molecule has 4 amide bonds. The summed E-state index contributed by atoms with van der Waals surface area (Å²) >= 11 is 0. The lowest BCUT2D eigenvalue weighted by atomic mass is 10.1. The van der Waals surface area contributed by atoms with Crippen molar-refractivity contribution in [3.63, 3.8) is 0 Å². The molecule has 50 heavy (non-hydrogen) atoms. The van der Waals surface area contributed by atoms with Crippen LogP contribution in [0.2, 0.25) is 0 Å². The Labute approximate surface area is 290 Å². The van der Waals surface area contributed by atoms with Gasteiger partial charge in [0.2, 0.25) is 0 Å². The fraction of sp³-hybridized carbons (Fsp3) is 0.111. The molecule has 5 aromatic rings. The maximum absolute atomic E-state index is 13.1. The number of rotatable bonds is 10. The van der Waals surface area contributed by atoms with E-state index in [1.54, 1.807) is 0 Å². The Morgan fingerprint density at radius 1 is 0.480 bits per heavy atom. The van der Waals surface area contributed by atoms with Gasteiger partial charge in [0.15, 0.2) is 0 Å². The standard InChI is InChI=1S/C36H34N4O8S2/c1-23-8-10-25(3)33(20-23)39-35(41)37-27-12-16-29(17-13-27)47-49(43,44)31-6-5-7-32(22-31)50(45,46)48-30-18-14-28(15-19-30)38-36(42)40-34-21-24(2)9-11-26(34)4/h5-22H,1-4H3,(H2,37,39,41)(H2,38,40,42). The van der Waals surface area contributed by atoms with E-state index in [1.165, 1.54) is 66.7 Å². The van der Waals surface area contributed by atoms with E-state index in [9.17, 15) is 26.4 Å². The molecule has 258 valence electrons. The Morgan fingerprint density at radius 2 is 0.860 bits per heavy atom. The number of hydrogen-bond donors (Lipinski definition) is 4. The second-order valence-electron chi connectivity index (χ2n) is 11.4. The number of amides is 4. The van der Waals surface area contributed by atoms with Gasteiger partial charge in [-0.25, -0.2) is 9.59 Å². The molecule has 12 nitrogen and oxygen atoms in total. The second-order valence-corrected chi connectivity index (χ2v) is 14.5. The summed E-state index contributed by atoms with van der Waals surface area (Å²) in [5, 5.41) is 10.9. The number of benzene rings is 5. The van der Waals surface area contributed by atoms with Crippen LogP contribution in [-0.4, -0.2) is 28.9 Å². The average molecular weight is 715 g/mol. The SMILES string of the molecule is Cc1ccc(C)c(NC(=O)Nc2ccc(OS(=O)(=O)c3cccc(S(=O)(=O)Oc4ccc(NC(=O)Nc5cc(C)ccc5C)cc4)c3)cc2)c1. The summed E-state index contributed by atoms with van der Waals surface area (Å²) in [5.41, 5.74) is 5.83. The van der Waals surface area contributed by atoms with E-state index in [2.05, 4.69) is 21.3 Å². The summed E-state index contributed by atoms with van der Waals surface area (Å²) in [4.78, 5) is 24.1. The van der Waals surface area contributed by atoms with Crippen molar-refractivity contribution < 1.29 is 34.8 Å². The minimum atomic E-state index is -4.47. The van der Waals surface area contributed by atoms with Crippen LogP contribution in [0.4, 0.5) is 32.3 Å². The number of hydrogen-bond acceptors (Lipinski definition) is 8. The Hall–Kier alpha value is -5.86. The minimum absolute atomic E-state index is 0.0635. The maximum Gasteiger partial charge on any atom is 0.339 e. The van der Waals surface area contributed by atoms with Crippen molar-refractivity contribution in [3.8, 4) is 11.5 Å². The van der Waals surface area contributed by atoms with Crippen molar-refractivity contribution in [3.05, 3.63) is 131 Å². The number of carbonyl (C=O) groups excluding carboxylic acids is 2. The molecular weight excluding hydrogens is 681 g/mol. The van der Waals surface area contributed by atoms with Crippen LogP contribution in [-0.2, 0) is 20.2 Å². The fourth-order valence-corrected chi connectivity index (χ4v) is 6.66. The predicted molar refractivity (Wildman–Crippen MR) is 192 cm³/mol. The van der Waals surface area contributed by atoms with E-state index in [4.69, 9.17) is 8.37 Å². The van der Waals surface area contributed by atoms with Crippen molar-refractivity contribution in [2.75, 3.05) is 21.3 Å². The van der Waals surface area contributed by atoms with E-state index in [0.29, 0.717) is 22.7 Å². The third-order valence-corrected chi connectivity index (χ3v) is 9.79. The molecule has 0 aromatic heterocycles. The predicted octanol–water partition coefficient (Wildman–Crippen LogP) is 7.74. The van der Waals surface area contributed by atoms with Crippen LogP contribution in [0.15, 0.2) is 119 Å². The first-order valence-corrected chi connectivity index (χ1v) is 18.0. The van der Waals surface area contributed by atoms with Gasteiger partial charge in [0.1, 0.15) is 21.3 Å². The molecule has 0 aliphatic carbocycles. The van der Waals surface area contributed by atoms with E-state index in [1.807, 2.05) is 64.1 Å². The first-order valence-electron chi connectivity index (χ1n) is 15.2. The largest absolute Gasteiger partial charge is 0.379 e. The van der Waals surface area contributed by atoms with Gasteiger partial charge in [-0.1, -0.05) is 30.3 Å². The molecule has 0 saturated carbocycles. The zero-order valence-electron chi connectivity index (χ0n) is 27.5. The van der Waals surface area contributed by atoms with Crippen LogP contribution in [0.5, 0.6) is 11.5 Å². The molecule has 0 aliphatic heterocycles. The van der Waals surface area contributed by atoms with E-state index in [-0.39, 0.29) is 11.5 Å². The Morgan fingerprint density at radius 3 is 1.24 bits per heavy atom. The number of aryl methyl sites for hydroxylation is 4. The second kappa shape index (κ2) is 14.7. The maximum atomic E-state index is 13.1. The highest BCUT2D eigenvalue weighted by atomic mass is 32.2. The molecule has 0 fully saturated rings. The molecule has 0 heterocycles. The van der Waals surface area contributed by atoms with Crippen molar-refractivity contribution >= 4 is 55.0 Å². The van der Waals surface area contributed by atoms with Crippen LogP contribution in [0.25, 0.3) is 0 Å². The molecule has 5 aromatic carbocycles. The normalized spacial score (nSPS) is 11.3. The van der Waals surface area contributed by atoms with Crippen LogP contribution in [0, 0.1) is 27.7 Å².